The summed E-state index contributed by atoms with van der Waals surface area (Å²) in [5.74, 6) is 1.53. The van der Waals surface area contributed by atoms with E-state index in [9.17, 15) is 4.79 Å². The Bertz CT molecular complexity index is 447. The Morgan fingerprint density at radius 3 is 2.53 bits per heavy atom. The van der Waals surface area contributed by atoms with Gasteiger partial charge in [-0.15, -0.1) is 0 Å². The smallest absolute Gasteiger partial charge is 0.236 e. The molecular formula is C14H22N2O3. The van der Waals surface area contributed by atoms with Crippen molar-refractivity contribution >= 4 is 5.91 Å². The number of hydrogen-bond acceptors (Lipinski definition) is 4. The molecule has 0 aliphatic rings. The maximum Gasteiger partial charge on any atom is 0.236 e. The predicted octanol–water partition coefficient (Wildman–Crippen LogP) is 1.19. The first-order chi connectivity index (χ1) is 9.03. The Morgan fingerprint density at radius 2 is 2.00 bits per heavy atom. The number of rotatable bonds is 6. The number of amides is 1. The van der Waals surface area contributed by atoms with Gasteiger partial charge in [-0.25, -0.2) is 0 Å². The van der Waals surface area contributed by atoms with E-state index < -0.39 is 0 Å². The van der Waals surface area contributed by atoms with E-state index in [0.29, 0.717) is 13.1 Å². The van der Waals surface area contributed by atoms with Crippen LogP contribution in [-0.4, -0.2) is 45.7 Å². The van der Waals surface area contributed by atoms with Gasteiger partial charge in [0.05, 0.1) is 20.8 Å². The molecule has 1 N–H and O–H groups in total. The lowest BCUT2D eigenvalue weighted by Gasteiger charge is -2.21. The lowest BCUT2D eigenvalue weighted by Crippen LogP contribution is -2.33. The van der Waals surface area contributed by atoms with Crippen molar-refractivity contribution < 1.29 is 14.3 Å². The van der Waals surface area contributed by atoms with Crippen LogP contribution in [0, 0.1) is 6.92 Å². The summed E-state index contributed by atoms with van der Waals surface area (Å²) in [6, 6.07) is 3.77. The first-order valence-corrected chi connectivity index (χ1v) is 6.13. The summed E-state index contributed by atoms with van der Waals surface area (Å²) in [6.45, 7) is 2.82. The fourth-order valence-electron chi connectivity index (χ4n) is 1.87. The molecule has 1 aromatic rings. The van der Waals surface area contributed by atoms with E-state index in [0.717, 1.165) is 22.6 Å². The highest BCUT2D eigenvalue weighted by atomic mass is 16.5. The van der Waals surface area contributed by atoms with Gasteiger partial charge in [0.15, 0.2) is 0 Å². The molecule has 0 aliphatic carbocycles. The third kappa shape index (κ3) is 3.86. The molecular weight excluding hydrogens is 244 g/mol. The number of aryl methyl sites for hydroxylation is 1. The van der Waals surface area contributed by atoms with E-state index in [-0.39, 0.29) is 5.91 Å². The minimum absolute atomic E-state index is 0.0415. The first kappa shape index (κ1) is 15.3. The monoisotopic (exact) mass is 266 g/mol. The lowest BCUT2D eigenvalue weighted by molar-refractivity contribution is -0.129. The number of benzene rings is 1. The summed E-state index contributed by atoms with van der Waals surface area (Å²) >= 11 is 0. The van der Waals surface area contributed by atoms with Crippen LogP contribution in [0.5, 0.6) is 11.5 Å². The second kappa shape index (κ2) is 6.99. The van der Waals surface area contributed by atoms with E-state index in [2.05, 4.69) is 5.32 Å². The quantitative estimate of drug-likeness (QED) is 0.840. The third-order valence-corrected chi connectivity index (χ3v) is 3.01. The molecule has 19 heavy (non-hydrogen) atoms. The normalized spacial score (nSPS) is 10.2. The van der Waals surface area contributed by atoms with Crippen LogP contribution in [0.25, 0.3) is 0 Å². The van der Waals surface area contributed by atoms with Gasteiger partial charge in [-0.1, -0.05) is 0 Å². The zero-order valence-corrected chi connectivity index (χ0v) is 12.2. The molecule has 5 nitrogen and oxygen atoms in total. The van der Waals surface area contributed by atoms with Crippen LogP contribution >= 0.6 is 0 Å². The molecule has 0 fully saturated rings. The third-order valence-electron chi connectivity index (χ3n) is 3.01. The lowest BCUT2D eigenvalue weighted by atomic mass is 10.1. The van der Waals surface area contributed by atoms with E-state index in [1.54, 1.807) is 33.2 Å². The van der Waals surface area contributed by atoms with Gasteiger partial charge in [-0.2, -0.15) is 0 Å². The second-order valence-corrected chi connectivity index (χ2v) is 4.41. The number of methoxy groups -OCH3 is 2. The van der Waals surface area contributed by atoms with Crippen LogP contribution in [0.2, 0.25) is 0 Å². The van der Waals surface area contributed by atoms with Crippen molar-refractivity contribution in [3.63, 3.8) is 0 Å². The highest BCUT2D eigenvalue weighted by Crippen LogP contribution is 2.29. The number of hydrogen-bond donors (Lipinski definition) is 1. The summed E-state index contributed by atoms with van der Waals surface area (Å²) in [4.78, 5) is 13.5. The van der Waals surface area contributed by atoms with Crippen LogP contribution in [0.1, 0.15) is 11.1 Å². The first-order valence-electron chi connectivity index (χ1n) is 6.13. The van der Waals surface area contributed by atoms with Crippen LogP contribution in [-0.2, 0) is 11.3 Å². The largest absolute Gasteiger partial charge is 0.497 e. The highest BCUT2D eigenvalue weighted by Gasteiger charge is 2.14. The van der Waals surface area contributed by atoms with Gasteiger partial charge in [-0.3, -0.25) is 4.79 Å². The number of nitrogens with zero attached hydrogens (tertiary/aromatic N) is 1. The van der Waals surface area contributed by atoms with Gasteiger partial charge in [0, 0.05) is 25.2 Å². The number of likely N-dealkylation sites (N-methyl/N-ethyl adjacent to an activating group) is 2. The van der Waals surface area contributed by atoms with E-state index in [1.807, 2.05) is 19.1 Å². The van der Waals surface area contributed by atoms with Crippen molar-refractivity contribution in [1.82, 2.24) is 10.2 Å². The Hall–Kier alpha value is -1.75. The maximum atomic E-state index is 11.8. The molecule has 0 aromatic heterocycles. The predicted molar refractivity (Wildman–Crippen MR) is 74.7 cm³/mol. The molecule has 0 aliphatic heterocycles. The molecule has 5 heteroatoms. The van der Waals surface area contributed by atoms with E-state index in [1.165, 1.54) is 0 Å². The fourth-order valence-corrected chi connectivity index (χ4v) is 1.87. The van der Waals surface area contributed by atoms with Crippen molar-refractivity contribution in [2.45, 2.75) is 13.5 Å². The minimum atomic E-state index is 0.0415. The maximum absolute atomic E-state index is 11.8. The van der Waals surface area contributed by atoms with Gasteiger partial charge >= 0.3 is 0 Å². The van der Waals surface area contributed by atoms with Gasteiger partial charge in [0.2, 0.25) is 5.91 Å². The summed E-state index contributed by atoms with van der Waals surface area (Å²) in [5, 5.41) is 2.85. The molecule has 0 saturated heterocycles. The molecule has 106 valence electrons. The van der Waals surface area contributed by atoms with Crippen molar-refractivity contribution in [1.29, 1.82) is 0 Å². The zero-order valence-electron chi connectivity index (χ0n) is 12.2. The van der Waals surface area contributed by atoms with Crippen molar-refractivity contribution in [3.8, 4) is 11.5 Å². The fraction of sp³-hybridized carbons (Fsp3) is 0.500. The summed E-state index contributed by atoms with van der Waals surface area (Å²) in [5.41, 5.74) is 2.04. The molecule has 0 bridgehead atoms. The Morgan fingerprint density at radius 1 is 1.32 bits per heavy atom. The molecule has 0 spiro atoms. The molecule has 1 aromatic carbocycles. The average molecular weight is 266 g/mol. The molecule has 0 radical (unpaired) electrons. The van der Waals surface area contributed by atoms with Crippen molar-refractivity contribution in [2.75, 3.05) is 34.9 Å². The molecule has 1 rings (SSSR count). The van der Waals surface area contributed by atoms with Crippen molar-refractivity contribution in [3.05, 3.63) is 23.3 Å². The number of nitrogens with one attached hydrogen (secondary N) is 1. The molecule has 0 heterocycles. The Balaban J connectivity index is 2.97. The minimum Gasteiger partial charge on any atom is -0.497 e. The molecule has 0 atom stereocenters. The van der Waals surface area contributed by atoms with Crippen LogP contribution in [0.4, 0.5) is 0 Å². The molecule has 0 unspecified atom stereocenters. The Labute approximate surface area is 114 Å². The Kier molecular flexibility index (Phi) is 5.63. The number of carbonyl (C=O) groups is 1. The summed E-state index contributed by atoms with van der Waals surface area (Å²) < 4.78 is 10.6. The topological polar surface area (TPSA) is 50.8 Å². The standard InChI is InChI=1S/C14H22N2O3/c1-10-6-11(18-4)7-13(19-5)12(10)9-16(3)14(17)8-15-2/h6-7,15H,8-9H2,1-5H3. The van der Waals surface area contributed by atoms with Gasteiger partial charge < -0.3 is 19.7 Å². The SMILES string of the molecule is CNCC(=O)N(C)Cc1c(C)cc(OC)cc1OC. The number of ether oxygens (including phenoxy) is 2. The number of carbonyl (C=O) groups excluding carboxylic acids is 1. The van der Waals surface area contributed by atoms with Crippen LogP contribution in [0.15, 0.2) is 12.1 Å². The summed E-state index contributed by atoms with van der Waals surface area (Å²) in [6.07, 6.45) is 0. The van der Waals surface area contributed by atoms with Gasteiger partial charge in [-0.05, 0) is 25.6 Å². The van der Waals surface area contributed by atoms with E-state index >= 15 is 0 Å². The summed E-state index contributed by atoms with van der Waals surface area (Å²) in [7, 11) is 6.78. The van der Waals surface area contributed by atoms with Crippen LogP contribution < -0.4 is 14.8 Å². The van der Waals surface area contributed by atoms with Crippen molar-refractivity contribution in [2.24, 2.45) is 0 Å². The average Bonchev–Trinajstić information content (AvgIpc) is 2.40. The molecule has 1 amide bonds. The van der Waals surface area contributed by atoms with Gasteiger partial charge in [0.1, 0.15) is 11.5 Å². The van der Waals surface area contributed by atoms with Crippen LogP contribution in [0.3, 0.4) is 0 Å². The van der Waals surface area contributed by atoms with E-state index in [4.69, 9.17) is 9.47 Å². The van der Waals surface area contributed by atoms with Gasteiger partial charge in [0.25, 0.3) is 0 Å². The zero-order chi connectivity index (χ0) is 14.4. The highest BCUT2D eigenvalue weighted by molar-refractivity contribution is 5.78. The second-order valence-electron chi connectivity index (χ2n) is 4.41. The molecule has 0 saturated carbocycles.